The van der Waals surface area contributed by atoms with Crippen LogP contribution in [0.1, 0.15) is 12.6 Å². The zero-order valence-electron chi connectivity index (χ0n) is 9.08. The summed E-state index contributed by atoms with van der Waals surface area (Å²) in [4.78, 5) is 2.32. The second kappa shape index (κ2) is 6.56. The molecule has 1 rings (SSSR count). The first-order valence-electron chi connectivity index (χ1n) is 5.20. The first kappa shape index (κ1) is 11.2. The molecule has 0 bridgehead atoms. The minimum absolute atomic E-state index is 1.04. The van der Waals surface area contributed by atoms with Gasteiger partial charge in [0.15, 0.2) is 0 Å². The van der Waals surface area contributed by atoms with Gasteiger partial charge in [-0.3, -0.25) is 5.10 Å². The molecule has 0 saturated carbocycles. The fourth-order valence-corrected chi connectivity index (χ4v) is 1.29. The third kappa shape index (κ3) is 4.39. The summed E-state index contributed by atoms with van der Waals surface area (Å²) in [6, 6.07) is 2.03. The van der Waals surface area contributed by atoms with Gasteiger partial charge in [0.1, 0.15) is 0 Å². The minimum Gasteiger partial charge on any atom is -0.316 e. The van der Waals surface area contributed by atoms with Crippen LogP contribution in [-0.2, 0) is 6.42 Å². The SMILES string of the molecule is CCNCCN(C)CCc1ccn[nH]1. The Morgan fingerprint density at radius 2 is 2.36 bits per heavy atom. The van der Waals surface area contributed by atoms with Gasteiger partial charge >= 0.3 is 0 Å². The maximum absolute atomic E-state index is 3.92. The van der Waals surface area contributed by atoms with Gasteiger partial charge in [0.25, 0.3) is 0 Å². The number of H-pyrrole nitrogens is 1. The van der Waals surface area contributed by atoms with E-state index < -0.39 is 0 Å². The second-order valence-corrected chi connectivity index (χ2v) is 3.49. The Labute approximate surface area is 85.7 Å². The molecule has 2 N–H and O–H groups in total. The van der Waals surface area contributed by atoms with Crippen LogP contribution in [0.4, 0.5) is 0 Å². The summed E-state index contributed by atoms with van der Waals surface area (Å²) in [5.41, 5.74) is 1.21. The highest BCUT2D eigenvalue weighted by molar-refractivity contribution is 4.97. The molecule has 0 fully saturated rings. The molecule has 0 atom stereocenters. The lowest BCUT2D eigenvalue weighted by Gasteiger charge is -2.15. The molecular formula is C10H20N4. The number of aromatic amines is 1. The first-order chi connectivity index (χ1) is 6.83. The Hall–Kier alpha value is -0.870. The second-order valence-electron chi connectivity index (χ2n) is 3.49. The van der Waals surface area contributed by atoms with E-state index in [9.17, 15) is 0 Å². The maximum Gasteiger partial charge on any atom is 0.0490 e. The lowest BCUT2D eigenvalue weighted by molar-refractivity contribution is 0.335. The zero-order valence-corrected chi connectivity index (χ0v) is 9.08. The van der Waals surface area contributed by atoms with Crippen molar-refractivity contribution in [3.8, 4) is 0 Å². The topological polar surface area (TPSA) is 44.0 Å². The lowest BCUT2D eigenvalue weighted by Crippen LogP contribution is -2.30. The number of nitrogens with one attached hydrogen (secondary N) is 2. The van der Waals surface area contributed by atoms with Crippen LogP contribution in [0, 0.1) is 0 Å². The Morgan fingerprint density at radius 1 is 1.50 bits per heavy atom. The van der Waals surface area contributed by atoms with Gasteiger partial charge < -0.3 is 10.2 Å². The van der Waals surface area contributed by atoms with Crippen molar-refractivity contribution in [2.24, 2.45) is 0 Å². The van der Waals surface area contributed by atoms with Gasteiger partial charge in [-0.05, 0) is 19.7 Å². The highest BCUT2D eigenvalue weighted by atomic mass is 15.1. The van der Waals surface area contributed by atoms with Crippen LogP contribution in [0.5, 0.6) is 0 Å². The van der Waals surface area contributed by atoms with Gasteiger partial charge in [-0.25, -0.2) is 0 Å². The average molecular weight is 196 g/mol. The van der Waals surface area contributed by atoms with E-state index in [0.29, 0.717) is 0 Å². The van der Waals surface area contributed by atoms with Crippen molar-refractivity contribution in [3.63, 3.8) is 0 Å². The van der Waals surface area contributed by atoms with Gasteiger partial charge in [0.2, 0.25) is 0 Å². The van der Waals surface area contributed by atoms with Crippen molar-refractivity contribution in [1.82, 2.24) is 20.4 Å². The highest BCUT2D eigenvalue weighted by Crippen LogP contribution is 1.94. The van der Waals surface area contributed by atoms with E-state index in [1.165, 1.54) is 5.69 Å². The molecule has 0 spiro atoms. The van der Waals surface area contributed by atoms with Crippen molar-refractivity contribution in [1.29, 1.82) is 0 Å². The fourth-order valence-electron chi connectivity index (χ4n) is 1.29. The summed E-state index contributed by atoms with van der Waals surface area (Å²) in [6.45, 7) is 6.42. The van der Waals surface area contributed by atoms with Crippen molar-refractivity contribution in [2.45, 2.75) is 13.3 Å². The quantitative estimate of drug-likeness (QED) is 0.624. The predicted octanol–water partition coefficient (Wildman–Crippen LogP) is 0.493. The molecule has 1 aromatic rings. The smallest absolute Gasteiger partial charge is 0.0490 e. The number of likely N-dealkylation sites (N-methyl/N-ethyl adjacent to an activating group) is 2. The molecule has 1 aromatic heterocycles. The number of hydrogen-bond acceptors (Lipinski definition) is 3. The van der Waals surface area contributed by atoms with Crippen LogP contribution in [0.15, 0.2) is 12.3 Å². The molecule has 0 aliphatic rings. The largest absolute Gasteiger partial charge is 0.316 e. The summed E-state index contributed by atoms with van der Waals surface area (Å²) in [5, 5.41) is 10.2. The standard InChI is InChI=1S/C10H20N4/c1-3-11-7-9-14(2)8-5-10-4-6-12-13-10/h4,6,11H,3,5,7-9H2,1-2H3,(H,12,13). The van der Waals surface area contributed by atoms with E-state index in [1.807, 2.05) is 6.07 Å². The van der Waals surface area contributed by atoms with E-state index >= 15 is 0 Å². The van der Waals surface area contributed by atoms with E-state index in [0.717, 1.165) is 32.6 Å². The van der Waals surface area contributed by atoms with Crippen LogP contribution in [0.2, 0.25) is 0 Å². The molecule has 14 heavy (non-hydrogen) atoms. The highest BCUT2D eigenvalue weighted by Gasteiger charge is 1.99. The molecule has 0 aromatic carbocycles. The Morgan fingerprint density at radius 3 is 3.00 bits per heavy atom. The normalized spacial score (nSPS) is 11.1. The molecular weight excluding hydrogens is 176 g/mol. The Balaban J connectivity index is 2.06. The van der Waals surface area contributed by atoms with Crippen molar-refractivity contribution in [2.75, 3.05) is 33.2 Å². The van der Waals surface area contributed by atoms with Crippen LogP contribution in [0.25, 0.3) is 0 Å². The zero-order chi connectivity index (χ0) is 10.2. The summed E-state index contributed by atoms with van der Waals surface area (Å²) >= 11 is 0. The van der Waals surface area contributed by atoms with Gasteiger partial charge in [0, 0.05) is 37.9 Å². The molecule has 0 aliphatic heterocycles. The molecule has 80 valence electrons. The van der Waals surface area contributed by atoms with E-state index in [4.69, 9.17) is 0 Å². The Bertz CT molecular complexity index is 220. The number of aromatic nitrogens is 2. The Kier molecular flexibility index (Phi) is 5.25. The van der Waals surface area contributed by atoms with Crippen LogP contribution >= 0.6 is 0 Å². The molecule has 0 aliphatic carbocycles. The van der Waals surface area contributed by atoms with Gasteiger partial charge in [-0.15, -0.1) is 0 Å². The molecule has 0 radical (unpaired) electrons. The van der Waals surface area contributed by atoms with Crippen molar-refractivity contribution < 1.29 is 0 Å². The fraction of sp³-hybridized carbons (Fsp3) is 0.700. The van der Waals surface area contributed by atoms with Crippen molar-refractivity contribution >= 4 is 0 Å². The van der Waals surface area contributed by atoms with E-state index in [-0.39, 0.29) is 0 Å². The number of nitrogens with zero attached hydrogens (tertiary/aromatic N) is 2. The van der Waals surface area contributed by atoms with Crippen molar-refractivity contribution in [3.05, 3.63) is 18.0 Å². The minimum atomic E-state index is 1.04. The number of hydrogen-bond donors (Lipinski definition) is 2. The number of rotatable bonds is 7. The third-order valence-electron chi connectivity index (χ3n) is 2.24. The van der Waals surface area contributed by atoms with Crippen LogP contribution in [0.3, 0.4) is 0 Å². The van der Waals surface area contributed by atoms with Gasteiger partial charge in [0.05, 0.1) is 0 Å². The van der Waals surface area contributed by atoms with Crippen LogP contribution < -0.4 is 5.32 Å². The van der Waals surface area contributed by atoms with Gasteiger partial charge in [-0.2, -0.15) is 5.10 Å². The predicted molar refractivity (Wildman–Crippen MR) is 58.3 cm³/mol. The lowest BCUT2D eigenvalue weighted by atomic mass is 10.3. The van der Waals surface area contributed by atoms with Gasteiger partial charge in [-0.1, -0.05) is 6.92 Å². The van der Waals surface area contributed by atoms with E-state index in [2.05, 4.69) is 34.4 Å². The maximum atomic E-state index is 3.92. The molecule has 4 nitrogen and oxygen atoms in total. The molecule has 0 saturated heterocycles. The summed E-state index contributed by atoms with van der Waals surface area (Å²) in [6.07, 6.45) is 2.84. The average Bonchev–Trinajstić information content (AvgIpc) is 2.68. The third-order valence-corrected chi connectivity index (χ3v) is 2.24. The van der Waals surface area contributed by atoms with E-state index in [1.54, 1.807) is 6.20 Å². The first-order valence-corrected chi connectivity index (χ1v) is 5.20. The molecule has 4 heteroatoms. The monoisotopic (exact) mass is 196 g/mol. The molecule has 1 heterocycles. The summed E-state index contributed by atoms with van der Waals surface area (Å²) in [5.74, 6) is 0. The summed E-state index contributed by atoms with van der Waals surface area (Å²) in [7, 11) is 2.15. The molecule has 0 amide bonds. The van der Waals surface area contributed by atoms with Crippen LogP contribution in [-0.4, -0.2) is 48.3 Å². The summed E-state index contributed by atoms with van der Waals surface area (Å²) < 4.78 is 0. The molecule has 0 unspecified atom stereocenters.